The van der Waals surface area contributed by atoms with E-state index in [1.165, 1.54) is 18.3 Å². The fourth-order valence-corrected chi connectivity index (χ4v) is 1.49. The van der Waals surface area contributed by atoms with Crippen molar-refractivity contribution in [2.45, 2.75) is 0 Å². The lowest BCUT2D eigenvalue weighted by Gasteiger charge is -1.99. The standard InChI is InChI=1S/C9H7ClN4O2/c10-6-2-1-5(3-8(6)14(15)16)7-4-12-9(11)13-7/h1-4H,(H3,11,12,13). The summed E-state index contributed by atoms with van der Waals surface area (Å²) in [5, 5.41) is 10.8. The number of nitrogens with zero attached hydrogens (tertiary/aromatic N) is 2. The summed E-state index contributed by atoms with van der Waals surface area (Å²) in [5.41, 5.74) is 6.49. The number of rotatable bonds is 2. The highest BCUT2D eigenvalue weighted by Gasteiger charge is 2.14. The number of H-pyrrole nitrogens is 1. The summed E-state index contributed by atoms with van der Waals surface area (Å²) in [6.07, 6.45) is 1.50. The zero-order valence-corrected chi connectivity index (χ0v) is 8.73. The van der Waals surface area contributed by atoms with Crippen LogP contribution in [0, 0.1) is 10.1 Å². The number of aromatic nitrogens is 2. The van der Waals surface area contributed by atoms with Gasteiger partial charge < -0.3 is 10.7 Å². The van der Waals surface area contributed by atoms with Gasteiger partial charge in [0, 0.05) is 11.6 Å². The highest BCUT2D eigenvalue weighted by Crippen LogP contribution is 2.29. The predicted octanol–water partition coefficient (Wildman–Crippen LogP) is 2.22. The fraction of sp³-hybridized carbons (Fsp3) is 0. The largest absolute Gasteiger partial charge is 0.369 e. The molecule has 0 bridgehead atoms. The first-order chi connectivity index (χ1) is 7.58. The Kier molecular flexibility index (Phi) is 2.49. The molecule has 0 aliphatic carbocycles. The highest BCUT2D eigenvalue weighted by molar-refractivity contribution is 6.32. The van der Waals surface area contributed by atoms with Gasteiger partial charge in [0.2, 0.25) is 0 Å². The van der Waals surface area contributed by atoms with Gasteiger partial charge in [-0.1, -0.05) is 17.7 Å². The summed E-state index contributed by atoms with van der Waals surface area (Å²) in [5.74, 6) is 0.257. The lowest BCUT2D eigenvalue weighted by Crippen LogP contribution is -1.90. The second-order valence-corrected chi connectivity index (χ2v) is 3.51. The van der Waals surface area contributed by atoms with Gasteiger partial charge in [-0.05, 0) is 6.07 Å². The molecule has 16 heavy (non-hydrogen) atoms. The van der Waals surface area contributed by atoms with Crippen LogP contribution in [0.15, 0.2) is 24.4 Å². The van der Waals surface area contributed by atoms with Crippen molar-refractivity contribution in [3.05, 3.63) is 39.5 Å². The van der Waals surface area contributed by atoms with E-state index in [1.54, 1.807) is 6.07 Å². The SMILES string of the molecule is Nc1ncc(-c2ccc(Cl)c([N+](=O)[O-])c2)[nH]1. The highest BCUT2D eigenvalue weighted by atomic mass is 35.5. The first-order valence-corrected chi connectivity index (χ1v) is 4.70. The van der Waals surface area contributed by atoms with Crippen LogP contribution >= 0.6 is 11.6 Å². The maximum atomic E-state index is 10.7. The van der Waals surface area contributed by atoms with E-state index in [0.717, 1.165) is 0 Å². The van der Waals surface area contributed by atoms with Crippen molar-refractivity contribution in [2.75, 3.05) is 5.73 Å². The molecule has 2 aromatic rings. The van der Waals surface area contributed by atoms with Crippen LogP contribution in [0.1, 0.15) is 0 Å². The van der Waals surface area contributed by atoms with Crippen molar-refractivity contribution >= 4 is 23.2 Å². The predicted molar refractivity (Wildman–Crippen MR) is 60.1 cm³/mol. The van der Waals surface area contributed by atoms with Crippen molar-refractivity contribution in [1.29, 1.82) is 0 Å². The number of hydrogen-bond acceptors (Lipinski definition) is 4. The third-order valence-corrected chi connectivity index (χ3v) is 2.37. The lowest BCUT2D eigenvalue weighted by molar-refractivity contribution is -0.384. The van der Waals surface area contributed by atoms with Gasteiger partial charge in [-0.15, -0.1) is 0 Å². The molecule has 1 aromatic heterocycles. The minimum atomic E-state index is -0.536. The number of benzene rings is 1. The number of imidazole rings is 1. The van der Waals surface area contributed by atoms with Crippen LogP contribution in [0.3, 0.4) is 0 Å². The second kappa shape index (κ2) is 3.82. The third kappa shape index (κ3) is 1.82. The van der Waals surface area contributed by atoms with Gasteiger partial charge in [-0.2, -0.15) is 0 Å². The monoisotopic (exact) mass is 238 g/mol. The van der Waals surface area contributed by atoms with Crippen molar-refractivity contribution in [1.82, 2.24) is 9.97 Å². The van der Waals surface area contributed by atoms with E-state index < -0.39 is 4.92 Å². The van der Waals surface area contributed by atoms with Crippen LogP contribution in [0.4, 0.5) is 11.6 Å². The van der Waals surface area contributed by atoms with Crippen LogP contribution < -0.4 is 5.73 Å². The van der Waals surface area contributed by atoms with E-state index in [0.29, 0.717) is 11.3 Å². The Bertz CT molecular complexity index is 552. The lowest BCUT2D eigenvalue weighted by atomic mass is 10.1. The zero-order chi connectivity index (χ0) is 11.7. The number of nitrogen functional groups attached to an aromatic ring is 1. The fourth-order valence-electron chi connectivity index (χ4n) is 1.30. The van der Waals surface area contributed by atoms with Crippen LogP contribution in [-0.4, -0.2) is 14.9 Å². The molecule has 7 heteroatoms. The molecule has 0 spiro atoms. The van der Waals surface area contributed by atoms with Gasteiger partial charge in [0.05, 0.1) is 16.8 Å². The number of nitro groups is 1. The minimum absolute atomic E-state index is 0.0984. The normalized spacial score (nSPS) is 10.3. The Labute approximate surface area is 95.2 Å². The number of anilines is 1. The average Bonchev–Trinajstić information content (AvgIpc) is 2.65. The van der Waals surface area contributed by atoms with Crippen LogP contribution in [0.25, 0.3) is 11.3 Å². The molecule has 0 radical (unpaired) electrons. The minimum Gasteiger partial charge on any atom is -0.369 e. The summed E-state index contributed by atoms with van der Waals surface area (Å²) in [4.78, 5) is 16.7. The average molecular weight is 239 g/mol. The molecule has 0 aliphatic heterocycles. The van der Waals surface area contributed by atoms with E-state index in [4.69, 9.17) is 17.3 Å². The molecule has 6 nitrogen and oxygen atoms in total. The van der Waals surface area contributed by atoms with Gasteiger partial charge in [-0.25, -0.2) is 4.98 Å². The van der Waals surface area contributed by atoms with E-state index in [-0.39, 0.29) is 16.7 Å². The molecule has 3 N–H and O–H groups in total. The maximum Gasteiger partial charge on any atom is 0.288 e. The number of halogens is 1. The van der Waals surface area contributed by atoms with E-state index in [9.17, 15) is 10.1 Å². The Morgan fingerprint density at radius 1 is 1.50 bits per heavy atom. The molecule has 0 aliphatic rings. The molecule has 2 rings (SSSR count). The Hall–Kier alpha value is -2.08. The molecule has 0 saturated heterocycles. The van der Waals surface area contributed by atoms with Gasteiger partial charge in [0.25, 0.3) is 5.69 Å². The molecule has 82 valence electrons. The van der Waals surface area contributed by atoms with Crippen molar-refractivity contribution < 1.29 is 4.92 Å². The van der Waals surface area contributed by atoms with Crippen LogP contribution in [-0.2, 0) is 0 Å². The Morgan fingerprint density at radius 2 is 2.25 bits per heavy atom. The van der Waals surface area contributed by atoms with Gasteiger partial charge in [0.1, 0.15) is 5.02 Å². The molecule has 0 atom stereocenters. The van der Waals surface area contributed by atoms with Crippen molar-refractivity contribution in [2.24, 2.45) is 0 Å². The number of aromatic amines is 1. The molecule has 0 amide bonds. The van der Waals surface area contributed by atoms with Gasteiger partial charge >= 0.3 is 0 Å². The molecule has 0 unspecified atom stereocenters. The van der Waals surface area contributed by atoms with Gasteiger partial charge in [0.15, 0.2) is 5.95 Å². The van der Waals surface area contributed by atoms with Crippen molar-refractivity contribution in [3.8, 4) is 11.3 Å². The van der Waals surface area contributed by atoms with Gasteiger partial charge in [-0.3, -0.25) is 10.1 Å². The van der Waals surface area contributed by atoms with Crippen LogP contribution in [0.5, 0.6) is 0 Å². The molecule has 1 aromatic carbocycles. The number of hydrogen-bond donors (Lipinski definition) is 2. The smallest absolute Gasteiger partial charge is 0.288 e. The van der Waals surface area contributed by atoms with Crippen molar-refractivity contribution in [3.63, 3.8) is 0 Å². The number of nitro benzene ring substituents is 1. The summed E-state index contributed by atoms with van der Waals surface area (Å²) < 4.78 is 0. The summed E-state index contributed by atoms with van der Waals surface area (Å²) >= 11 is 5.69. The third-order valence-electron chi connectivity index (χ3n) is 2.05. The summed E-state index contributed by atoms with van der Waals surface area (Å²) in [7, 11) is 0. The summed E-state index contributed by atoms with van der Waals surface area (Å²) in [6.45, 7) is 0. The summed E-state index contributed by atoms with van der Waals surface area (Å²) in [6, 6.07) is 4.49. The van der Waals surface area contributed by atoms with E-state index in [1.807, 2.05) is 0 Å². The maximum absolute atomic E-state index is 10.7. The molecular weight excluding hydrogens is 232 g/mol. The number of nitrogens with two attached hydrogens (primary N) is 1. The second-order valence-electron chi connectivity index (χ2n) is 3.11. The van der Waals surface area contributed by atoms with Crippen LogP contribution in [0.2, 0.25) is 5.02 Å². The number of nitrogens with one attached hydrogen (secondary N) is 1. The molecular formula is C9H7ClN4O2. The molecule has 0 saturated carbocycles. The quantitative estimate of drug-likeness (QED) is 0.619. The first kappa shape index (κ1) is 10.4. The molecule has 0 fully saturated rings. The Balaban J connectivity index is 2.51. The Morgan fingerprint density at radius 3 is 2.81 bits per heavy atom. The van der Waals surface area contributed by atoms with E-state index >= 15 is 0 Å². The zero-order valence-electron chi connectivity index (χ0n) is 7.98. The topological polar surface area (TPSA) is 97.8 Å². The van der Waals surface area contributed by atoms with E-state index in [2.05, 4.69) is 9.97 Å². The molecule has 1 heterocycles. The first-order valence-electron chi connectivity index (χ1n) is 4.32.